The van der Waals surface area contributed by atoms with Crippen molar-refractivity contribution in [1.82, 2.24) is 4.90 Å². The first-order valence-electron chi connectivity index (χ1n) is 7.70. The number of aryl methyl sites for hydroxylation is 1. The molecule has 0 saturated carbocycles. The largest absolute Gasteiger partial charge is 0.464 e. The van der Waals surface area contributed by atoms with Crippen molar-refractivity contribution in [1.29, 1.82) is 5.26 Å². The van der Waals surface area contributed by atoms with Crippen LogP contribution in [0.15, 0.2) is 28.9 Å². The highest BCUT2D eigenvalue weighted by atomic mass is 16.5. The number of furan rings is 1. The molecule has 0 bridgehead atoms. The van der Waals surface area contributed by atoms with Crippen LogP contribution in [0.2, 0.25) is 0 Å². The molecular weight excluding hydrogens is 308 g/mol. The average molecular weight is 328 g/mol. The maximum Gasteiger partial charge on any atom is 0.311 e. The fraction of sp³-hybridized carbons (Fsp3) is 0.389. The van der Waals surface area contributed by atoms with Gasteiger partial charge >= 0.3 is 5.97 Å². The van der Waals surface area contributed by atoms with Gasteiger partial charge in [0.1, 0.15) is 5.58 Å². The molecule has 1 amide bonds. The molecule has 24 heavy (non-hydrogen) atoms. The Morgan fingerprint density at radius 3 is 2.88 bits per heavy atom. The lowest BCUT2D eigenvalue weighted by atomic mass is 10.1. The summed E-state index contributed by atoms with van der Waals surface area (Å²) in [5, 5.41) is 9.41. The van der Waals surface area contributed by atoms with Gasteiger partial charge in [0.05, 0.1) is 25.2 Å². The van der Waals surface area contributed by atoms with E-state index in [1.807, 2.05) is 31.2 Å². The monoisotopic (exact) mass is 328 g/mol. The second-order valence-corrected chi connectivity index (χ2v) is 5.74. The highest BCUT2D eigenvalue weighted by Crippen LogP contribution is 2.23. The van der Waals surface area contributed by atoms with E-state index in [0.29, 0.717) is 6.54 Å². The predicted octanol–water partition coefficient (Wildman–Crippen LogP) is 2.59. The van der Waals surface area contributed by atoms with Gasteiger partial charge in [0.2, 0.25) is 0 Å². The number of carbonyl (C=O) groups is 2. The molecule has 0 spiro atoms. The number of fused-ring (bicyclic) bond motifs is 1. The highest BCUT2D eigenvalue weighted by molar-refractivity contribution is 5.88. The van der Waals surface area contributed by atoms with E-state index in [0.717, 1.165) is 22.1 Å². The minimum absolute atomic E-state index is 0.0373. The molecular formula is C18H20N2O4. The van der Waals surface area contributed by atoms with Gasteiger partial charge in [0.25, 0.3) is 5.91 Å². The smallest absolute Gasteiger partial charge is 0.311 e. The fourth-order valence-corrected chi connectivity index (χ4v) is 2.41. The fourth-order valence-electron chi connectivity index (χ4n) is 2.41. The maximum absolute atomic E-state index is 12.1. The molecule has 0 unspecified atom stereocenters. The molecule has 1 heterocycles. The summed E-state index contributed by atoms with van der Waals surface area (Å²) in [6.07, 6.45) is 0.928. The third-order valence-electron chi connectivity index (χ3n) is 3.74. The lowest BCUT2D eigenvalue weighted by Crippen LogP contribution is -2.38. The zero-order valence-corrected chi connectivity index (χ0v) is 14.0. The average Bonchev–Trinajstić information content (AvgIpc) is 2.93. The van der Waals surface area contributed by atoms with Crippen LogP contribution in [-0.2, 0) is 20.7 Å². The van der Waals surface area contributed by atoms with E-state index in [2.05, 4.69) is 0 Å². The number of nitrogens with zero attached hydrogens (tertiary/aromatic N) is 2. The molecule has 6 heteroatoms. The van der Waals surface area contributed by atoms with E-state index in [4.69, 9.17) is 14.4 Å². The molecule has 1 atom stereocenters. The Hall–Kier alpha value is -2.81. The third kappa shape index (κ3) is 4.13. The van der Waals surface area contributed by atoms with Crippen LogP contribution in [0, 0.1) is 18.3 Å². The van der Waals surface area contributed by atoms with Gasteiger partial charge in [-0.2, -0.15) is 5.26 Å². The van der Waals surface area contributed by atoms with E-state index >= 15 is 0 Å². The molecule has 0 N–H and O–H groups in total. The minimum Gasteiger partial charge on any atom is -0.464 e. The number of carbonyl (C=O) groups excluding carboxylic acids is 2. The number of hydrogen-bond acceptors (Lipinski definition) is 5. The second kappa shape index (κ2) is 7.64. The quantitative estimate of drug-likeness (QED) is 0.761. The summed E-state index contributed by atoms with van der Waals surface area (Å²) >= 11 is 0. The summed E-state index contributed by atoms with van der Waals surface area (Å²) in [5.74, 6) is -0.820. The van der Waals surface area contributed by atoms with E-state index in [9.17, 15) is 9.59 Å². The molecule has 6 nitrogen and oxygen atoms in total. The standard InChI is InChI=1S/C18H20N2O4/c1-12-5-6-15-14(11-23-16(15)9-12)10-17(21)24-13(2)18(22)20(3)8-4-7-19/h5-6,9,11,13H,4,8,10H2,1-3H3/t13-/m1/s1. The Morgan fingerprint density at radius 1 is 1.42 bits per heavy atom. The van der Waals surface area contributed by atoms with Gasteiger partial charge in [0, 0.05) is 24.5 Å². The van der Waals surface area contributed by atoms with E-state index in [-0.39, 0.29) is 18.7 Å². The van der Waals surface area contributed by atoms with Crippen molar-refractivity contribution >= 4 is 22.8 Å². The first-order valence-corrected chi connectivity index (χ1v) is 7.70. The van der Waals surface area contributed by atoms with Crippen LogP contribution in [0.1, 0.15) is 24.5 Å². The number of esters is 1. The SMILES string of the molecule is Cc1ccc2c(CC(=O)O[C@H](C)C(=O)N(C)CCC#N)coc2c1. The van der Waals surface area contributed by atoms with Gasteiger partial charge in [-0.05, 0) is 25.5 Å². The minimum atomic E-state index is -0.887. The van der Waals surface area contributed by atoms with Crippen molar-refractivity contribution in [3.63, 3.8) is 0 Å². The summed E-state index contributed by atoms with van der Waals surface area (Å²) in [6.45, 7) is 3.80. The van der Waals surface area contributed by atoms with Gasteiger partial charge in [-0.1, -0.05) is 12.1 Å². The van der Waals surface area contributed by atoms with Gasteiger partial charge in [0.15, 0.2) is 6.10 Å². The number of nitriles is 1. The maximum atomic E-state index is 12.1. The Morgan fingerprint density at radius 2 is 2.17 bits per heavy atom. The number of hydrogen-bond donors (Lipinski definition) is 0. The molecule has 0 aliphatic carbocycles. The number of benzene rings is 1. The van der Waals surface area contributed by atoms with Crippen LogP contribution in [-0.4, -0.2) is 36.5 Å². The Balaban J connectivity index is 1.97. The zero-order chi connectivity index (χ0) is 17.7. The molecule has 0 fully saturated rings. The molecule has 2 rings (SSSR count). The van der Waals surface area contributed by atoms with Crippen LogP contribution >= 0.6 is 0 Å². The van der Waals surface area contributed by atoms with E-state index in [1.54, 1.807) is 7.05 Å². The molecule has 0 aliphatic heterocycles. The lowest BCUT2D eigenvalue weighted by Gasteiger charge is -2.20. The van der Waals surface area contributed by atoms with Crippen LogP contribution in [0.4, 0.5) is 0 Å². The number of ether oxygens (including phenoxy) is 1. The van der Waals surface area contributed by atoms with E-state index in [1.165, 1.54) is 18.1 Å². The first kappa shape index (κ1) is 17.5. The molecule has 126 valence electrons. The summed E-state index contributed by atoms with van der Waals surface area (Å²) in [5.41, 5.74) is 2.52. The van der Waals surface area contributed by atoms with Gasteiger partial charge in [-0.25, -0.2) is 0 Å². The van der Waals surface area contributed by atoms with Gasteiger partial charge in [-0.3, -0.25) is 9.59 Å². The Kier molecular flexibility index (Phi) is 5.59. The summed E-state index contributed by atoms with van der Waals surface area (Å²) in [6, 6.07) is 7.73. The van der Waals surface area contributed by atoms with Crippen molar-refractivity contribution in [2.75, 3.05) is 13.6 Å². The van der Waals surface area contributed by atoms with Gasteiger partial charge in [-0.15, -0.1) is 0 Å². The van der Waals surface area contributed by atoms with Crippen LogP contribution in [0.5, 0.6) is 0 Å². The molecule has 0 saturated heterocycles. The Bertz CT molecular complexity index is 788. The summed E-state index contributed by atoms with van der Waals surface area (Å²) in [4.78, 5) is 25.5. The van der Waals surface area contributed by atoms with Crippen molar-refractivity contribution in [3.8, 4) is 6.07 Å². The summed E-state index contributed by atoms with van der Waals surface area (Å²) in [7, 11) is 1.58. The molecule has 0 radical (unpaired) electrons. The predicted molar refractivity (Wildman–Crippen MR) is 88.1 cm³/mol. The summed E-state index contributed by atoms with van der Waals surface area (Å²) < 4.78 is 10.7. The Labute approximate surface area is 140 Å². The van der Waals surface area contributed by atoms with Crippen molar-refractivity contribution < 1.29 is 18.7 Å². The van der Waals surface area contributed by atoms with Crippen molar-refractivity contribution in [2.45, 2.75) is 32.8 Å². The third-order valence-corrected chi connectivity index (χ3v) is 3.74. The van der Waals surface area contributed by atoms with Crippen LogP contribution < -0.4 is 0 Å². The van der Waals surface area contributed by atoms with Crippen molar-refractivity contribution in [2.24, 2.45) is 0 Å². The zero-order valence-electron chi connectivity index (χ0n) is 14.0. The van der Waals surface area contributed by atoms with E-state index < -0.39 is 12.1 Å². The van der Waals surface area contributed by atoms with Crippen LogP contribution in [0.3, 0.4) is 0 Å². The highest BCUT2D eigenvalue weighted by Gasteiger charge is 2.22. The number of likely N-dealkylation sites (N-methyl/N-ethyl adjacent to an activating group) is 1. The molecule has 2 aromatic rings. The molecule has 0 aliphatic rings. The second-order valence-electron chi connectivity index (χ2n) is 5.74. The molecule has 1 aromatic heterocycles. The topological polar surface area (TPSA) is 83.5 Å². The normalized spacial score (nSPS) is 11.8. The molecule has 1 aromatic carbocycles. The van der Waals surface area contributed by atoms with Crippen LogP contribution in [0.25, 0.3) is 11.0 Å². The first-order chi connectivity index (χ1) is 11.4. The van der Waals surface area contributed by atoms with Gasteiger partial charge < -0.3 is 14.1 Å². The van der Waals surface area contributed by atoms with Crippen molar-refractivity contribution in [3.05, 3.63) is 35.6 Å². The number of amides is 1. The lowest BCUT2D eigenvalue weighted by molar-refractivity contribution is -0.157. The number of rotatable bonds is 6.